The van der Waals surface area contributed by atoms with Crippen molar-refractivity contribution in [2.24, 2.45) is 0 Å². The first kappa shape index (κ1) is 15.8. The highest BCUT2D eigenvalue weighted by atomic mass is 32.1. The van der Waals surface area contributed by atoms with Crippen molar-refractivity contribution >= 4 is 49.6 Å². The van der Waals surface area contributed by atoms with Crippen LogP contribution >= 0.6 is 22.7 Å². The van der Waals surface area contributed by atoms with Crippen LogP contribution in [0.25, 0.3) is 10.2 Å². The fourth-order valence-corrected chi connectivity index (χ4v) is 3.88. The maximum absolute atomic E-state index is 12.4. The van der Waals surface area contributed by atoms with Crippen LogP contribution in [0.15, 0.2) is 12.1 Å². The van der Waals surface area contributed by atoms with Crippen LogP contribution in [0.1, 0.15) is 40.6 Å². The van der Waals surface area contributed by atoms with Gasteiger partial charge in [-0.25, -0.2) is 4.98 Å². The van der Waals surface area contributed by atoms with Crippen LogP contribution < -0.4 is 11.1 Å². The van der Waals surface area contributed by atoms with Crippen molar-refractivity contribution < 1.29 is 4.79 Å². The van der Waals surface area contributed by atoms with Gasteiger partial charge in [0.2, 0.25) is 5.13 Å². The van der Waals surface area contributed by atoms with Gasteiger partial charge in [-0.2, -0.15) is 0 Å². The summed E-state index contributed by atoms with van der Waals surface area (Å²) in [7, 11) is 0. The van der Waals surface area contributed by atoms with Crippen molar-refractivity contribution in [3.8, 4) is 0 Å². The minimum atomic E-state index is -0.263. The third-order valence-electron chi connectivity index (χ3n) is 3.35. The number of carbonyl (C=O) groups excluding carboxylic acids is 1. The topological polar surface area (TPSA) is 93.8 Å². The number of thiophene rings is 1. The second-order valence-corrected chi connectivity index (χ2v) is 7.12. The van der Waals surface area contributed by atoms with Gasteiger partial charge < -0.3 is 5.73 Å². The number of anilines is 2. The van der Waals surface area contributed by atoms with Crippen LogP contribution in [-0.4, -0.2) is 21.1 Å². The lowest BCUT2D eigenvalue weighted by molar-refractivity contribution is 0.103. The molecule has 0 fully saturated rings. The van der Waals surface area contributed by atoms with E-state index in [-0.39, 0.29) is 5.91 Å². The summed E-state index contributed by atoms with van der Waals surface area (Å²) in [5, 5.41) is 12.9. The monoisotopic (exact) mass is 347 g/mol. The van der Waals surface area contributed by atoms with E-state index in [4.69, 9.17) is 5.73 Å². The van der Waals surface area contributed by atoms with Crippen LogP contribution in [0, 0.1) is 0 Å². The number of fused-ring (bicyclic) bond motifs is 1. The first-order valence-corrected chi connectivity index (χ1v) is 9.07. The highest BCUT2D eigenvalue weighted by Crippen LogP contribution is 2.33. The molecule has 0 unspecified atom stereocenters. The van der Waals surface area contributed by atoms with E-state index >= 15 is 0 Å². The second kappa shape index (κ2) is 6.59. The summed E-state index contributed by atoms with van der Waals surface area (Å²) in [5.41, 5.74) is 7.61. The van der Waals surface area contributed by atoms with Gasteiger partial charge in [0.05, 0.1) is 5.69 Å². The molecular weight excluding hydrogens is 330 g/mol. The molecule has 0 bridgehead atoms. The standard InChI is InChI=1S/C15H17N5OS2/c1-3-5-8-6-7-9-11(16)12(23-14(9)17-8)13(21)18-15-20-19-10(4-2)22-15/h6-7H,3-5,16H2,1-2H3,(H,18,20,21). The van der Waals surface area contributed by atoms with E-state index in [1.807, 2.05) is 19.1 Å². The van der Waals surface area contributed by atoms with E-state index in [0.717, 1.165) is 40.2 Å². The van der Waals surface area contributed by atoms with Crippen molar-refractivity contribution in [1.82, 2.24) is 15.2 Å². The molecule has 3 N–H and O–H groups in total. The number of aryl methyl sites for hydroxylation is 2. The van der Waals surface area contributed by atoms with Gasteiger partial charge in [0.15, 0.2) is 0 Å². The Morgan fingerprint density at radius 1 is 1.26 bits per heavy atom. The second-order valence-electron chi connectivity index (χ2n) is 5.06. The Labute approximate surface area is 141 Å². The number of amides is 1. The maximum Gasteiger partial charge on any atom is 0.269 e. The van der Waals surface area contributed by atoms with E-state index in [9.17, 15) is 4.79 Å². The number of pyridine rings is 1. The van der Waals surface area contributed by atoms with E-state index in [1.54, 1.807) is 0 Å². The lowest BCUT2D eigenvalue weighted by atomic mass is 10.2. The molecule has 3 aromatic rings. The summed E-state index contributed by atoms with van der Waals surface area (Å²) in [6, 6.07) is 3.91. The number of hydrogen-bond acceptors (Lipinski definition) is 7. The van der Waals surface area contributed by atoms with Gasteiger partial charge in [-0.1, -0.05) is 31.6 Å². The molecule has 0 aromatic carbocycles. The van der Waals surface area contributed by atoms with Gasteiger partial charge in [-0.05, 0) is 25.0 Å². The number of nitrogen functional groups attached to an aromatic ring is 1. The van der Waals surface area contributed by atoms with Crippen molar-refractivity contribution in [3.05, 3.63) is 27.7 Å². The van der Waals surface area contributed by atoms with Crippen molar-refractivity contribution in [2.45, 2.75) is 33.1 Å². The Bertz CT molecular complexity index is 855. The smallest absolute Gasteiger partial charge is 0.269 e. The number of nitrogens with one attached hydrogen (secondary N) is 1. The summed E-state index contributed by atoms with van der Waals surface area (Å²) in [6.45, 7) is 4.11. The van der Waals surface area contributed by atoms with Crippen LogP contribution in [-0.2, 0) is 12.8 Å². The van der Waals surface area contributed by atoms with Gasteiger partial charge in [0, 0.05) is 11.1 Å². The number of hydrogen-bond donors (Lipinski definition) is 2. The Kier molecular flexibility index (Phi) is 4.53. The Hall–Kier alpha value is -2.06. The molecule has 0 saturated carbocycles. The van der Waals surface area contributed by atoms with Crippen LogP contribution in [0.2, 0.25) is 0 Å². The van der Waals surface area contributed by atoms with Crippen LogP contribution in [0.3, 0.4) is 0 Å². The quantitative estimate of drug-likeness (QED) is 0.737. The number of aromatic nitrogens is 3. The molecule has 0 aliphatic rings. The molecule has 3 aromatic heterocycles. The lowest BCUT2D eigenvalue weighted by Gasteiger charge is -1.99. The largest absolute Gasteiger partial charge is 0.397 e. The molecule has 0 aliphatic carbocycles. The molecular formula is C15H17N5OS2. The molecule has 1 amide bonds. The zero-order chi connectivity index (χ0) is 16.4. The van der Waals surface area contributed by atoms with E-state index in [2.05, 4.69) is 27.4 Å². The minimum Gasteiger partial charge on any atom is -0.397 e. The maximum atomic E-state index is 12.4. The van der Waals surface area contributed by atoms with Crippen LogP contribution in [0.5, 0.6) is 0 Å². The Balaban J connectivity index is 1.89. The molecule has 23 heavy (non-hydrogen) atoms. The summed E-state index contributed by atoms with van der Waals surface area (Å²) in [6.07, 6.45) is 2.74. The van der Waals surface area contributed by atoms with E-state index in [0.29, 0.717) is 15.7 Å². The van der Waals surface area contributed by atoms with E-state index < -0.39 is 0 Å². The summed E-state index contributed by atoms with van der Waals surface area (Å²) < 4.78 is 0. The number of nitrogens with zero attached hydrogens (tertiary/aromatic N) is 3. The number of nitrogens with two attached hydrogens (primary N) is 1. The average Bonchev–Trinajstić information content (AvgIpc) is 3.12. The third kappa shape index (κ3) is 3.18. The van der Waals surface area contributed by atoms with Gasteiger partial charge in [0.25, 0.3) is 5.91 Å². The normalized spacial score (nSPS) is 11.0. The summed E-state index contributed by atoms with van der Waals surface area (Å²) >= 11 is 2.68. The van der Waals surface area contributed by atoms with Gasteiger partial charge in [0.1, 0.15) is 14.7 Å². The highest BCUT2D eigenvalue weighted by Gasteiger charge is 2.19. The SMILES string of the molecule is CCCc1ccc2c(N)c(C(=O)Nc3nnc(CC)s3)sc2n1. The fraction of sp³-hybridized carbons (Fsp3) is 0.333. The van der Waals surface area contributed by atoms with Crippen LogP contribution in [0.4, 0.5) is 10.8 Å². The number of carbonyl (C=O) groups is 1. The predicted molar refractivity (Wildman–Crippen MR) is 95.3 cm³/mol. The van der Waals surface area contributed by atoms with Gasteiger partial charge >= 0.3 is 0 Å². The molecule has 0 spiro atoms. The first-order valence-electron chi connectivity index (χ1n) is 7.44. The van der Waals surface area contributed by atoms with Crippen molar-refractivity contribution in [3.63, 3.8) is 0 Å². The lowest BCUT2D eigenvalue weighted by Crippen LogP contribution is -2.11. The van der Waals surface area contributed by atoms with Crippen molar-refractivity contribution in [2.75, 3.05) is 11.1 Å². The molecule has 6 nitrogen and oxygen atoms in total. The molecule has 0 radical (unpaired) electrons. The summed E-state index contributed by atoms with van der Waals surface area (Å²) in [4.78, 5) is 18.3. The summed E-state index contributed by atoms with van der Waals surface area (Å²) in [5.74, 6) is -0.263. The van der Waals surface area contributed by atoms with Gasteiger partial charge in [-0.15, -0.1) is 21.5 Å². The number of rotatable bonds is 5. The predicted octanol–water partition coefficient (Wildman–Crippen LogP) is 3.50. The molecule has 0 aliphatic heterocycles. The highest BCUT2D eigenvalue weighted by molar-refractivity contribution is 7.21. The third-order valence-corrected chi connectivity index (χ3v) is 5.45. The molecule has 3 heterocycles. The fourth-order valence-electron chi connectivity index (χ4n) is 2.20. The Morgan fingerprint density at radius 2 is 2.09 bits per heavy atom. The molecule has 0 atom stereocenters. The minimum absolute atomic E-state index is 0.263. The zero-order valence-electron chi connectivity index (χ0n) is 12.9. The molecule has 3 rings (SSSR count). The molecule has 120 valence electrons. The molecule has 0 saturated heterocycles. The zero-order valence-corrected chi connectivity index (χ0v) is 14.6. The first-order chi connectivity index (χ1) is 11.1. The average molecular weight is 347 g/mol. The van der Waals surface area contributed by atoms with Crippen molar-refractivity contribution in [1.29, 1.82) is 0 Å². The van der Waals surface area contributed by atoms with Gasteiger partial charge in [-0.3, -0.25) is 10.1 Å². The Morgan fingerprint density at radius 3 is 2.78 bits per heavy atom. The molecule has 8 heteroatoms. The van der Waals surface area contributed by atoms with E-state index in [1.165, 1.54) is 22.7 Å².